The van der Waals surface area contributed by atoms with E-state index in [1.54, 1.807) is 45.9 Å². The summed E-state index contributed by atoms with van der Waals surface area (Å²) in [5, 5.41) is 2.69. The SMILES string of the molecule is CC[C@H](NC(=O)c1c(OC)cccc1Oc1nc(OC)cc(OC)n1)C(=O)OC(C)(C)C. The summed E-state index contributed by atoms with van der Waals surface area (Å²) >= 11 is 0. The molecule has 32 heavy (non-hydrogen) atoms. The molecule has 2 aromatic rings. The molecule has 10 nitrogen and oxygen atoms in total. The molecule has 1 heterocycles. The molecular weight excluding hydrogens is 418 g/mol. The van der Waals surface area contributed by atoms with Crippen LogP contribution in [0.2, 0.25) is 0 Å². The van der Waals surface area contributed by atoms with Gasteiger partial charge in [-0.25, -0.2) is 4.79 Å². The van der Waals surface area contributed by atoms with Gasteiger partial charge in [0.25, 0.3) is 5.91 Å². The van der Waals surface area contributed by atoms with Crippen LogP contribution in [-0.4, -0.2) is 54.8 Å². The molecule has 0 aliphatic rings. The van der Waals surface area contributed by atoms with Crippen LogP contribution >= 0.6 is 0 Å². The molecule has 10 heteroatoms. The minimum absolute atomic E-state index is 0.0717. The molecule has 1 amide bonds. The minimum Gasteiger partial charge on any atom is -0.496 e. The van der Waals surface area contributed by atoms with Crippen molar-refractivity contribution in [1.82, 2.24) is 15.3 Å². The van der Waals surface area contributed by atoms with Crippen LogP contribution in [0.15, 0.2) is 24.3 Å². The quantitative estimate of drug-likeness (QED) is 0.578. The predicted octanol–water partition coefficient (Wildman–Crippen LogP) is 3.14. The van der Waals surface area contributed by atoms with E-state index in [0.29, 0.717) is 6.42 Å². The average Bonchev–Trinajstić information content (AvgIpc) is 2.75. The van der Waals surface area contributed by atoms with Crippen molar-refractivity contribution in [3.63, 3.8) is 0 Å². The molecule has 2 rings (SSSR count). The van der Waals surface area contributed by atoms with Crippen LogP contribution < -0.4 is 24.3 Å². The lowest BCUT2D eigenvalue weighted by Gasteiger charge is -2.24. The lowest BCUT2D eigenvalue weighted by Crippen LogP contribution is -2.44. The maximum absolute atomic E-state index is 13.2. The van der Waals surface area contributed by atoms with E-state index >= 15 is 0 Å². The molecule has 0 bridgehead atoms. The van der Waals surface area contributed by atoms with Crippen LogP contribution in [0.4, 0.5) is 0 Å². The van der Waals surface area contributed by atoms with Gasteiger partial charge in [0.1, 0.15) is 28.7 Å². The Kier molecular flexibility index (Phi) is 8.22. The van der Waals surface area contributed by atoms with Crippen molar-refractivity contribution in [1.29, 1.82) is 0 Å². The largest absolute Gasteiger partial charge is 0.496 e. The molecule has 0 saturated carbocycles. The van der Waals surface area contributed by atoms with E-state index in [1.165, 1.54) is 27.4 Å². The number of nitrogens with zero attached hydrogens (tertiary/aromatic N) is 2. The fourth-order valence-corrected chi connectivity index (χ4v) is 2.66. The molecule has 0 unspecified atom stereocenters. The fourth-order valence-electron chi connectivity index (χ4n) is 2.66. The van der Waals surface area contributed by atoms with Gasteiger partial charge in [-0.15, -0.1) is 0 Å². The van der Waals surface area contributed by atoms with Crippen LogP contribution in [0.5, 0.6) is 29.3 Å². The van der Waals surface area contributed by atoms with E-state index in [9.17, 15) is 9.59 Å². The number of carbonyl (C=O) groups is 2. The summed E-state index contributed by atoms with van der Waals surface area (Å²) in [6, 6.07) is 5.34. The summed E-state index contributed by atoms with van der Waals surface area (Å²) in [5.74, 6) is -0.310. The van der Waals surface area contributed by atoms with E-state index in [4.69, 9.17) is 23.7 Å². The van der Waals surface area contributed by atoms with Crippen LogP contribution in [0.1, 0.15) is 44.5 Å². The second kappa shape index (κ2) is 10.7. The van der Waals surface area contributed by atoms with Gasteiger partial charge >= 0.3 is 12.0 Å². The van der Waals surface area contributed by atoms with Crippen molar-refractivity contribution in [2.75, 3.05) is 21.3 Å². The third-order valence-electron chi connectivity index (χ3n) is 4.12. The zero-order valence-corrected chi connectivity index (χ0v) is 19.3. The van der Waals surface area contributed by atoms with Crippen molar-refractivity contribution >= 4 is 11.9 Å². The number of ether oxygens (including phenoxy) is 5. The van der Waals surface area contributed by atoms with Crippen molar-refractivity contribution < 1.29 is 33.3 Å². The monoisotopic (exact) mass is 447 g/mol. The third kappa shape index (κ3) is 6.47. The van der Waals surface area contributed by atoms with Crippen molar-refractivity contribution in [3.8, 4) is 29.3 Å². The van der Waals surface area contributed by atoms with Gasteiger partial charge in [0, 0.05) is 0 Å². The summed E-state index contributed by atoms with van der Waals surface area (Å²) in [6.45, 7) is 7.04. The Morgan fingerprint density at radius 3 is 2.09 bits per heavy atom. The highest BCUT2D eigenvalue weighted by atomic mass is 16.6. The van der Waals surface area contributed by atoms with Gasteiger partial charge in [-0.1, -0.05) is 13.0 Å². The predicted molar refractivity (Wildman–Crippen MR) is 116 cm³/mol. The summed E-state index contributed by atoms with van der Waals surface area (Å²) in [5.41, 5.74) is -0.612. The number of hydrogen-bond donors (Lipinski definition) is 1. The molecule has 0 radical (unpaired) electrons. The standard InChI is InChI=1S/C22H29N3O7/c1-8-13(20(27)32-22(2,3)4)23-19(26)18-14(28-5)10-9-11-15(18)31-21-24-16(29-6)12-17(25-21)30-7/h9-13H,8H2,1-7H3,(H,23,26)/t13-/m0/s1. The number of esters is 1. The van der Waals surface area contributed by atoms with Gasteiger partial charge in [-0.05, 0) is 39.3 Å². The Bertz CT molecular complexity index is 935. The Morgan fingerprint density at radius 1 is 1.00 bits per heavy atom. The number of aromatic nitrogens is 2. The fraction of sp³-hybridized carbons (Fsp3) is 0.455. The van der Waals surface area contributed by atoms with Gasteiger partial charge in [0.2, 0.25) is 11.8 Å². The van der Waals surface area contributed by atoms with Crippen LogP contribution in [0.3, 0.4) is 0 Å². The van der Waals surface area contributed by atoms with Gasteiger partial charge in [0.15, 0.2) is 0 Å². The maximum atomic E-state index is 13.2. The summed E-state index contributed by atoms with van der Waals surface area (Å²) in [7, 11) is 4.31. The topological polar surface area (TPSA) is 118 Å². The van der Waals surface area contributed by atoms with Gasteiger partial charge in [-0.3, -0.25) is 4.79 Å². The van der Waals surface area contributed by atoms with E-state index in [0.717, 1.165) is 0 Å². The highest BCUT2D eigenvalue weighted by Gasteiger charge is 2.28. The first-order chi connectivity index (χ1) is 15.1. The lowest BCUT2D eigenvalue weighted by atomic mass is 10.1. The number of methoxy groups -OCH3 is 3. The van der Waals surface area contributed by atoms with Crippen molar-refractivity contribution in [2.45, 2.75) is 45.8 Å². The van der Waals surface area contributed by atoms with E-state index in [1.807, 2.05) is 0 Å². The molecule has 0 spiro atoms. The molecule has 0 aliphatic carbocycles. The van der Waals surface area contributed by atoms with Crippen LogP contribution in [0.25, 0.3) is 0 Å². The van der Waals surface area contributed by atoms with Crippen molar-refractivity contribution in [2.24, 2.45) is 0 Å². The number of nitrogens with one attached hydrogen (secondary N) is 1. The van der Waals surface area contributed by atoms with Crippen molar-refractivity contribution in [3.05, 3.63) is 29.8 Å². The van der Waals surface area contributed by atoms with E-state index < -0.39 is 23.5 Å². The first-order valence-corrected chi connectivity index (χ1v) is 9.97. The highest BCUT2D eigenvalue weighted by molar-refractivity contribution is 6.01. The zero-order valence-electron chi connectivity index (χ0n) is 19.3. The van der Waals surface area contributed by atoms with Gasteiger partial charge in [-0.2, -0.15) is 9.97 Å². The van der Waals surface area contributed by atoms with E-state index in [-0.39, 0.29) is 34.8 Å². The second-order valence-electron chi connectivity index (χ2n) is 7.64. The molecule has 1 N–H and O–H groups in total. The van der Waals surface area contributed by atoms with Crippen LogP contribution in [0, 0.1) is 0 Å². The molecule has 0 aliphatic heterocycles. The Morgan fingerprint density at radius 2 is 1.59 bits per heavy atom. The molecule has 174 valence electrons. The number of hydrogen-bond acceptors (Lipinski definition) is 9. The van der Waals surface area contributed by atoms with E-state index in [2.05, 4.69) is 15.3 Å². The van der Waals surface area contributed by atoms with Gasteiger partial charge < -0.3 is 29.0 Å². The second-order valence-corrected chi connectivity index (χ2v) is 7.64. The number of amides is 1. The lowest BCUT2D eigenvalue weighted by molar-refractivity contribution is -0.157. The summed E-state index contributed by atoms with van der Waals surface area (Å²) < 4.78 is 26.8. The molecule has 0 saturated heterocycles. The minimum atomic E-state index is -0.854. The van der Waals surface area contributed by atoms with Gasteiger partial charge in [0.05, 0.1) is 27.4 Å². The Labute approximate surface area is 187 Å². The number of rotatable bonds is 9. The summed E-state index contributed by atoms with van der Waals surface area (Å²) in [4.78, 5) is 33.9. The molecular formula is C22H29N3O7. The number of benzene rings is 1. The molecule has 1 aromatic heterocycles. The molecule has 0 fully saturated rings. The maximum Gasteiger partial charge on any atom is 0.329 e. The smallest absolute Gasteiger partial charge is 0.329 e. The summed E-state index contributed by atoms with van der Waals surface area (Å²) in [6.07, 6.45) is 0.336. The molecule has 1 atom stereocenters. The number of carbonyl (C=O) groups excluding carboxylic acids is 2. The first kappa shape index (κ1) is 24.7. The Hall–Kier alpha value is -3.56. The van der Waals surface area contributed by atoms with Crippen LogP contribution in [-0.2, 0) is 9.53 Å². The first-order valence-electron chi connectivity index (χ1n) is 9.97. The molecule has 1 aromatic carbocycles. The third-order valence-corrected chi connectivity index (χ3v) is 4.12. The zero-order chi connectivity index (χ0) is 23.9. The average molecular weight is 447 g/mol. The highest BCUT2D eigenvalue weighted by Crippen LogP contribution is 2.32. The normalized spacial score (nSPS) is 11.8. The Balaban J connectivity index is 2.37.